The average molecular weight is 371 g/mol. The van der Waals surface area contributed by atoms with E-state index in [1.165, 1.54) is 29.7 Å². The van der Waals surface area contributed by atoms with Crippen LogP contribution in [0.1, 0.15) is 41.4 Å². The van der Waals surface area contributed by atoms with Crippen LogP contribution < -0.4 is 0 Å². The zero-order valence-corrected chi connectivity index (χ0v) is 16.0. The van der Waals surface area contributed by atoms with Crippen LogP contribution in [0.25, 0.3) is 11.3 Å². The zero-order valence-electron chi connectivity index (χ0n) is 16.0. The summed E-state index contributed by atoms with van der Waals surface area (Å²) in [6.45, 7) is 3.02. The zero-order chi connectivity index (χ0) is 18.9. The van der Waals surface area contributed by atoms with Gasteiger partial charge < -0.3 is 5.11 Å². The number of phenols is 1. The Hall–Kier alpha value is -2.72. The SMILES string of the molecule is Oc1ccc(-c2nc(C3CC3)nc3c2CCN(Cc2ccccc2)CC3)cc1. The highest BCUT2D eigenvalue weighted by molar-refractivity contribution is 5.65. The number of hydrogen-bond donors (Lipinski definition) is 1. The minimum atomic E-state index is 0.292. The molecule has 3 aromatic rings. The van der Waals surface area contributed by atoms with Gasteiger partial charge in [-0.1, -0.05) is 30.3 Å². The van der Waals surface area contributed by atoms with Crippen LogP contribution in [0.4, 0.5) is 0 Å². The molecule has 0 spiro atoms. The Kier molecular flexibility index (Phi) is 4.57. The molecular weight excluding hydrogens is 346 g/mol. The predicted octanol–water partition coefficient (Wildman–Crippen LogP) is 4.33. The number of nitrogens with zero attached hydrogens (tertiary/aromatic N) is 3. The van der Waals surface area contributed by atoms with E-state index in [0.29, 0.717) is 11.7 Å². The van der Waals surface area contributed by atoms with Gasteiger partial charge in [-0.25, -0.2) is 9.97 Å². The number of aromatic hydroxyl groups is 1. The van der Waals surface area contributed by atoms with Crippen molar-refractivity contribution < 1.29 is 5.11 Å². The van der Waals surface area contributed by atoms with Crippen molar-refractivity contribution in [1.82, 2.24) is 14.9 Å². The number of rotatable bonds is 4. The van der Waals surface area contributed by atoms with Crippen molar-refractivity contribution in [2.45, 2.75) is 38.1 Å². The Bertz CT molecular complexity index is 965. The summed E-state index contributed by atoms with van der Waals surface area (Å²) >= 11 is 0. The van der Waals surface area contributed by atoms with E-state index in [9.17, 15) is 5.11 Å². The van der Waals surface area contributed by atoms with Gasteiger partial charge in [-0.05, 0) is 49.1 Å². The molecule has 2 aromatic carbocycles. The molecule has 1 N–H and O–H groups in total. The quantitative estimate of drug-likeness (QED) is 0.742. The summed E-state index contributed by atoms with van der Waals surface area (Å²) in [5.74, 6) is 1.84. The number of phenolic OH excluding ortho intramolecular Hbond substituents is 1. The second-order valence-corrected chi connectivity index (χ2v) is 7.94. The summed E-state index contributed by atoms with van der Waals surface area (Å²) in [5, 5.41) is 9.68. The highest BCUT2D eigenvalue weighted by Gasteiger charge is 2.29. The highest BCUT2D eigenvalue weighted by atomic mass is 16.3. The van der Waals surface area contributed by atoms with Crippen LogP contribution in [-0.4, -0.2) is 33.1 Å². The van der Waals surface area contributed by atoms with Gasteiger partial charge in [0.25, 0.3) is 0 Å². The third-order valence-corrected chi connectivity index (χ3v) is 5.79. The molecule has 4 nitrogen and oxygen atoms in total. The first-order valence-electron chi connectivity index (χ1n) is 10.2. The number of aromatic nitrogens is 2. The largest absolute Gasteiger partial charge is 0.508 e. The van der Waals surface area contributed by atoms with Crippen molar-refractivity contribution in [3.63, 3.8) is 0 Å². The van der Waals surface area contributed by atoms with Gasteiger partial charge in [0.1, 0.15) is 11.6 Å². The second kappa shape index (κ2) is 7.36. The third-order valence-electron chi connectivity index (χ3n) is 5.79. The molecule has 2 heterocycles. The second-order valence-electron chi connectivity index (χ2n) is 7.94. The first kappa shape index (κ1) is 17.4. The standard InChI is InChI=1S/C24H25N3O/c28-20-10-8-18(9-11-20)23-21-12-14-27(16-17-4-2-1-3-5-17)15-13-22(21)25-24(26-23)19-6-7-19/h1-5,8-11,19,28H,6-7,12-16H2. The molecular formula is C24H25N3O. The molecule has 0 saturated heterocycles. The minimum Gasteiger partial charge on any atom is -0.508 e. The van der Waals surface area contributed by atoms with Crippen LogP contribution >= 0.6 is 0 Å². The molecule has 1 fully saturated rings. The first-order chi connectivity index (χ1) is 13.8. The molecule has 28 heavy (non-hydrogen) atoms. The molecule has 2 aliphatic rings. The fraction of sp³-hybridized carbons (Fsp3) is 0.333. The topological polar surface area (TPSA) is 49.3 Å². The van der Waals surface area contributed by atoms with E-state index in [2.05, 4.69) is 35.2 Å². The van der Waals surface area contributed by atoms with E-state index in [-0.39, 0.29) is 0 Å². The van der Waals surface area contributed by atoms with Gasteiger partial charge in [-0.2, -0.15) is 0 Å². The lowest BCUT2D eigenvalue weighted by Gasteiger charge is -2.19. The average Bonchev–Trinajstić information content (AvgIpc) is 3.57. The van der Waals surface area contributed by atoms with E-state index < -0.39 is 0 Å². The van der Waals surface area contributed by atoms with Crippen molar-refractivity contribution in [2.75, 3.05) is 13.1 Å². The Morgan fingerprint density at radius 2 is 1.64 bits per heavy atom. The number of hydrogen-bond acceptors (Lipinski definition) is 4. The molecule has 0 bridgehead atoms. The number of benzene rings is 2. The van der Waals surface area contributed by atoms with Crippen LogP contribution in [0.15, 0.2) is 54.6 Å². The van der Waals surface area contributed by atoms with E-state index in [1.54, 1.807) is 12.1 Å². The first-order valence-corrected chi connectivity index (χ1v) is 10.2. The van der Waals surface area contributed by atoms with Crippen molar-refractivity contribution in [3.8, 4) is 17.0 Å². The maximum Gasteiger partial charge on any atom is 0.132 e. The molecule has 0 atom stereocenters. The lowest BCUT2D eigenvalue weighted by Crippen LogP contribution is -2.25. The molecule has 0 unspecified atom stereocenters. The van der Waals surface area contributed by atoms with Crippen LogP contribution in [-0.2, 0) is 19.4 Å². The smallest absolute Gasteiger partial charge is 0.132 e. The van der Waals surface area contributed by atoms with Crippen molar-refractivity contribution in [3.05, 3.63) is 77.2 Å². The molecule has 4 heteroatoms. The summed E-state index contributed by atoms with van der Waals surface area (Å²) < 4.78 is 0. The molecule has 1 aliphatic heterocycles. The minimum absolute atomic E-state index is 0.292. The van der Waals surface area contributed by atoms with Gasteiger partial charge in [0.2, 0.25) is 0 Å². The summed E-state index contributed by atoms with van der Waals surface area (Å²) in [4.78, 5) is 12.5. The van der Waals surface area contributed by atoms with Gasteiger partial charge in [-0.15, -0.1) is 0 Å². The Morgan fingerprint density at radius 3 is 2.39 bits per heavy atom. The summed E-state index contributed by atoms with van der Waals surface area (Å²) in [5.41, 5.74) is 6.00. The monoisotopic (exact) mass is 371 g/mol. The molecule has 0 amide bonds. The fourth-order valence-corrected chi connectivity index (χ4v) is 4.05. The third kappa shape index (κ3) is 3.65. The molecule has 1 aromatic heterocycles. The molecule has 1 aliphatic carbocycles. The molecule has 0 radical (unpaired) electrons. The van der Waals surface area contributed by atoms with E-state index in [0.717, 1.165) is 49.6 Å². The van der Waals surface area contributed by atoms with E-state index >= 15 is 0 Å². The van der Waals surface area contributed by atoms with Crippen molar-refractivity contribution >= 4 is 0 Å². The molecule has 142 valence electrons. The van der Waals surface area contributed by atoms with Gasteiger partial charge in [-0.3, -0.25) is 4.90 Å². The molecule has 1 saturated carbocycles. The van der Waals surface area contributed by atoms with Crippen molar-refractivity contribution in [2.24, 2.45) is 0 Å². The number of fused-ring (bicyclic) bond motifs is 1. The van der Waals surface area contributed by atoms with Gasteiger partial charge in [0, 0.05) is 48.8 Å². The van der Waals surface area contributed by atoms with Gasteiger partial charge >= 0.3 is 0 Å². The molecule has 5 rings (SSSR count). The maximum absolute atomic E-state index is 9.68. The predicted molar refractivity (Wildman–Crippen MR) is 110 cm³/mol. The normalized spacial score (nSPS) is 17.1. The van der Waals surface area contributed by atoms with Crippen LogP contribution in [0, 0.1) is 0 Å². The fourth-order valence-electron chi connectivity index (χ4n) is 4.05. The summed E-state index contributed by atoms with van der Waals surface area (Å²) in [7, 11) is 0. The van der Waals surface area contributed by atoms with Crippen LogP contribution in [0.2, 0.25) is 0 Å². The summed E-state index contributed by atoms with van der Waals surface area (Å²) in [6.07, 6.45) is 4.33. The lowest BCUT2D eigenvalue weighted by atomic mass is 10.0. The highest BCUT2D eigenvalue weighted by Crippen LogP contribution is 2.40. The summed E-state index contributed by atoms with van der Waals surface area (Å²) in [6, 6.07) is 18.1. The van der Waals surface area contributed by atoms with Gasteiger partial charge in [0.15, 0.2) is 0 Å². The van der Waals surface area contributed by atoms with E-state index in [1.807, 2.05) is 12.1 Å². The van der Waals surface area contributed by atoms with Crippen LogP contribution in [0.3, 0.4) is 0 Å². The maximum atomic E-state index is 9.68. The Labute approximate surface area is 165 Å². The van der Waals surface area contributed by atoms with E-state index in [4.69, 9.17) is 9.97 Å². The lowest BCUT2D eigenvalue weighted by molar-refractivity contribution is 0.279. The Morgan fingerprint density at radius 1 is 0.893 bits per heavy atom. The van der Waals surface area contributed by atoms with Crippen LogP contribution in [0.5, 0.6) is 5.75 Å². The van der Waals surface area contributed by atoms with Gasteiger partial charge in [0.05, 0.1) is 5.69 Å². The van der Waals surface area contributed by atoms with Crippen molar-refractivity contribution in [1.29, 1.82) is 0 Å². The Balaban J connectivity index is 1.46.